The predicted molar refractivity (Wildman–Crippen MR) is 175 cm³/mol. The molecule has 0 aliphatic carbocycles. The van der Waals surface area contributed by atoms with Crippen LogP contribution in [0.2, 0.25) is 0 Å². The Labute approximate surface area is 264 Å². The Balaban J connectivity index is 1.65. The molecule has 6 aromatic rings. The fourth-order valence-corrected chi connectivity index (χ4v) is 5.77. The molecule has 3 aromatic carbocycles. The average molecular weight is 724 g/mol. The van der Waals surface area contributed by atoms with Crippen molar-refractivity contribution < 1.29 is 22.0 Å². The molecule has 222 valence electrons. The molecule has 44 heavy (non-hydrogen) atoms. The van der Waals surface area contributed by atoms with Gasteiger partial charge in [-0.15, -0.1) is 0 Å². The number of aromatic nitrogens is 3. The lowest BCUT2D eigenvalue weighted by Crippen LogP contribution is -2.25. The number of benzene rings is 3. The summed E-state index contributed by atoms with van der Waals surface area (Å²) in [5.41, 5.74) is 1.54. The molecule has 6 rings (SSSR count). The largest absolute Gasteiger partial charge is 0.455 e. The maximum atomic E-state index is 14.6. The fourth-order valence-electron chi connectivity index (χ4n) is 4.90. The zero-order chi connectivity index (χ0) is 31.3. The van der Waals surface area contributed by atoms with Crippen molar-refractivity contribution in [1.29, 1.82) is 0 Å². The number of pyridine rings is 1. The van der Waals surface area contributed by atoms with E-state index in [1.165, 1.54) is 44.7 Å². The Hall–Kier alpha value is -4.63. The Kier molecular flexibility index (Phi) is 7.45. The third-order valence-corrected chi connectivity index (χ3v) is 9.11. The molecule has 0 atom stereocenters. The monoisotopic (exact) mass is 723 g/mol. The lowest BCUT2D eigenvalue weighted by Gasteiger charge is -2.20. The highest BCUT2D eigenvalue weighted by Gasteiger charge is 2.26. The highest BCUT2D eigenvalue weighted by molar-refractivity contribution is 14.1. The number of amides is 1. The second-order valence-corrected chi connectivity index (χ2v) is 13.2. The van der Waals surface area contributed by atoms with Gasteiger partial charge in [0.2, 0.25) is 10.0 Å². The summed E-state index contributed by atoms with van der Waals surface area (Å²) in [6, 6.07) is 19.5. The minimum Gasteiger partial charge on any atom is -0.455 e. The molecule has 1 amide bonds. The summed E-state index contributed by atoms with van der Waals surface area (Å²) < 4.78 is 49.4. The summed E-state index contributed by atoms with van der Waals surface area (Å²) in [6.07, 6.45) is 2.29. The van der Waals surface area contributed by atoms with E-state index in [1.54, 1.807) is 24.3 Å². The average Bonchev–Trinajstić information content (AvgIpc) is 3.38. The van der Waals surface area contributed by atoms with Crippen molar-refractivity contribution in [1.82, 2.24) is 19.9 Å². The molecule has 10 nitrogen and oxygen atoms in total. The quantitative estimate of drug-likeness (QED) is 0.230. The number of carbonyl (C=O) groups is 1. The van der Waals surface area contributed by atoms with Crippen molar-refractivity contribution in [3.8, 4) is 28.3 Å². The van der Waals surface area contributed by atoms with Crippen molar-refractivity contribution in [2.75, 3.05) is 24.7 Å². The molecular formula is C31H23FIN5O5S. The first-order chi connectivity index (χ1) is 21.0. The van der Waals surface area contributed by atoms with Gasteiger partial charge < -0.3 is 9.73 Å². The van der Waals surface area contributed by atoms with Crippen LogP contribution in [0.5, 0.6) is 0 Å². The molecule has 3 aromatic heterocycles. The van der Waals surface area contributed by atoms with Crippen LogP contribution in [0, 0.1) is 9.39 Å². The number of para-hydroxylation sites is 1. The van der Waals surface area contributed by atoms with Crippen molar-refractivity contribution in [2.45, 2.75) is 0 Å². The number of hydrogen-bond donors (Lipinski definition) is 1. The van der Waals surface area contributed by atoms with E-state index in [9.17, 15) is 22.4 Å². The molecule has 3 heterocycles. The van der Waals surface area contributed by atoms with E-state index >= 15 is 0 Å². The van der Waals surface area contributed by atoms with E-state index in [1.807, 2.05) is 24.3 Å². The summed E-state index contributed by atoms with van der Waals surface area (Å²) in [7, 11) is -0.881. The second kappa shape index (κ2) is 11.1. The summed E-state index contributed by atoms with van der Waals surface area (Å²) in [5, 5.41) is 3.07. The topological polar surface area (TPSA) is 127 Å². The van der Waals surface area contributed by atoms with Crippen LogP contribution in [0.4, 0.5) is 10.1 Å². The number of nitrogens with one attached hydrogen (secondary N) is 1. The molecule has 1 N–H and O–H groups in total. The molecule has 0 aliphatic rings. The van der Waals surface area contributed by atoms with Crippen LogP contribution in [0.3, 0.4) is 0 Å². The van der Waals surface area contributed by atoms with Crippen LogP contribution in [0.25, 0.3) is 50.3 Å². The van der Waals surface area contributed by atoms with Gasteiger partial charge in [-0.25, -0.2) is 22.8 Å². The number of furan rings is 1. The van der Waals surface area contributed by atoms with Gasteiger partial charge in [-0.3, -0.25) is 18.5 Å². The number of halogens is 2. The maximum absolute atomic E-state index is 14.6. The van der Waals surface area contributed by atoms with Gasteiger partial charge in [-0.1, -0.05) is 24.3 Å². The van der Waals surface area contributed by atoms with Gasteiger partial charge in [0.1, 0.15) is 23.5 Å². The first-order valence-corrected chi connectivity index (χ1v) is 16.1. The fraction of sp³-hybridized carbons (Fsp3) is 0.0968. The molecule has 0 bridgehead atoms. The van der Waals surface area contributed by atoms with E-state index in [0.29, 0.717) is 22.3 Å². The van der Waals surface area contributed by atoms with Gasteiger partial charge in [0.25, 0.3) is 11.5 Å². The maximum Gasteiger partial charge on any atom is 0.284 e. The lowest BCUT2D eigenvalue weighted by molar-refractivity contribution is 0.0964. The minimum atomic E-state index is -3.77. The van der Waals surface area contributed by atoms with Crippen LogP contribution in [-0.4, -0.2) is 49.2 Å². The Bertz CT molecular complexity index is 2280. The third kappa shape index (κ3) is 5.11. The van der Waals surface area contributed by atoms with Crippen molar-refractivity contribution >= 4 is 66.2 Å². The molecule has 0 saturated heterocycles. The normalized spacial score (nSPS) is 11.7. The first-order valence-electron chi connectivity index (χ1n) is 13.1. The third-order valence-electron chi connectivity index (χ3n) is 7.20. The first kappa shape index (κ1) is 29.4. The smallest absolute Gasteiger partial charge is 0.284 e. The summed E-state index contributed by atoms with van der Waals surface area (Å²) >= 11 is 2.18. The number of fused-ring (bicyclic) bond motifs is 2. The number of sulfonamides is 1. The van der Waals surface area contributed by atoms with Gasteiger partial charge in [-0.2, -0.15) is 0 Å². The highest BCUT2D eigenvalue weighted by atomic mass is 127. The lowest BCUT2D eigenvalue weighted by atomic mass is 10.0. The molecule has 0 unspecified atom stereocenters. The Morgan fingerprint density at radius 3 is 2.48 bits per heavy atom. The molecule has 0 aliphatic heterocycles. The number of hydrogen-bond acceptors (Lipinski definition) is 7. The minimum absolute atomic E-state index is 0.00904. The zero-order valence-electron chi connectivity index (χ0n) is 23.5. The molecule has 0 spiro atoms. The molecular weight excluding hydrogens is 700 g/mol. The molecule has 0 saturated carbocycles. The highest BCUT2D eigenvalue weighted by Crippen LogP contribution is 2.41. The van der Waals surface area contributed by atoms with Crippen LogP contribution in [0.15, 0.2) is 88.3 Å². The van der Waals surface area contributed by atoms with Crippen LogP contribution >= 0.6 is 22.6 Å². The van der Waals surface area contributed by atoms with Crippen molar-refractivity contribution in [3.63, 3.8) is 0 Å². The van der Waals surface area contributed by atoms with Gasteiger partial charge in [-0.05, 0) is 65.1 Å². The summed E-state index contributed by atoms with van der Waals surface area (Å²) in [5.74, 6) is -0.708. The number of anilines is 1. The number of nitrogens with zero attached hydrogens (tertiary/aromatic N) is 4. The van der Waals surface area contributed by atoms with E-state index in [0.717, 1.165) is 18.7 Å². The second-order valence-electron chi connectivity index (χ2n) is 9.92. The van der Waals surface area contributed by atoms with Crippen LogP contribution in [0.1, 0.15) is 10.4 Å². The molecule has 0 radical (unpaired) electrons. The standard InChI is InChI=1S/C31H23FIN5O5S/c1-34-30(39)27-20-14-19(22-12-13-23-28(36-22)31(40)38(16-35-23)24-7-5-4-6-21(24)32)25(37(2)44(3,41)42)15-26(20)43-29(27)17-8-10-18(33)11-9-17/h4-16H,1-3H3,(H,34,39). The van der Waals surface area contributed by atoms with Gasteiger partial charge >= 0.3 is 0 Å². The van der Waals surface area contributed by atoms with Gasteiger partial charge in [0.05, 0.1) is 34.4 Å². The van der Waals surface area contributed by atoms with Gasteiger partial charge in [0, 0.05) is 40.2 Å². The Morgan fingerprint density at radius 1 is 1.07 bits per heavy atom. The van der Waals surface area contributed by atoms with E-state index in [-0.39, 0.29) is 39.2 Å². The van der Waals surface area contributed by atoms with E-state index in [4.69, 9.17) is 4.42 Å². The van der Waals surface area contributed by atoms with Crippen LogP contribution < -0.4 is 15.2 Å². The summed E-state index contributed by atoms with van der Waals surface area (Å²) in [6.45, 7) is 0. The van der Waals surface area contributed by atoms with Crippen LogP contribution in [-0.2, 0) is 10.0 Å². The molecule has 0 fully saturated rings. The SMILES string of the molecule is CNC(=O)c1c(-c2ccc(I)cc2)oc2cc(N(C)S(C)(=O)=O)c(-c3ccc4ncn(-c5ccccc5F)c(=O)c4n3)cc12. The van der Waals surface area contributed by atoms with E-state index < -0.39 is 27.3 Å². The zero-order valence-corrected chi connectivity index (χ0v) is 26.5. The van der Waals surface area contributed by atoms with Crippen molar-refractivity contribution in [3.05, 3.63) is 104 Å². The summed E-state index contributed by atoms with van der Waals surface area (Å²) in [4.78, 5) is 35.6. The number of rotatable bonds is 6. The Morgan fingerprint density at radius 2 is 1.80 bits per heavy atom. The van der Waals surface area contributed by atoms with Crippen molar-refractivity contribution in [2.24, 2.45) is 0 Å². The predicted octanol–water partition coefficient (Wildman–Crippen LogP) is 5.36. The molecule has 13 heteroatoms. The van der Waals surface area contributed by atoms with E-state index in [2.05, 4.69) is 37.9 Å². The number of carbonyl (C=O) groups excluding carboxylic acids is 1. The van der Waals surface area contributed by atoms with Gasteiger partial charge in [0.15, 0.2) is 5.52 Å².